The number of carboxylic acid groups (broad SMARTS) is 1. The summed E-state index contributed by atoms with van der Waals surface area (Å²) >= 11 is 0. The minimum atomic E-state index is -4.40. The molecule has 0 heterocycles. The Morgan fingerprint density at radius 2 is 1.84 bits per heavy atom. The van der Waals surface area contributed by atoms with Crippen LogP contribution in [0.4, 0.5) is 13.2 Å². The Kier molecular flexibility index (Phi) is 10.2. The molecule has 0 radical (unpaired) electrons. The minimum absolute atomic E-state index is 0.107. The number of rotatable bonds is 12. The van der Waals surface area contributed by atoms with Crippen LogP contribution in [0.1, 0.15) is 62.5 Å². The first-order chi connectivity index (χ1) is 15.1. The number of hydrogen-bond acceptors (Lipinski definition) is 4. The van der Waals surface area contributed by atoms with Gasteiger partial charge in [0, 0.05) is 6.42 Å². The van der Waals surface area contributed by atoms with E-state index in [-0.39, 0.29) is 24.7 Å². The molecule has 1 saturated carbocycles. The lowest BCUT2D eigenvalue weighted by Gasteiger charge is -2.23. The molecule has 5 atom stereocenters. The molecule has 0 bridgehead atoms. The van der Waals surface area contributed by atoms with Gasteiger partial charge in [0.05, 0.1) is 23.9 Å². The fourth-order valence-corrected chi connectivity index (χ4v) is 4.41. The van der Waals surface area contributed by atoms with Crippen molar-refractivity contribution in [1.29, 1.82) is 0 Å². The number of aliphatic hydroxyl groups excluding tert-OH is 3. The molecular formula is C24H33F3O5. The van der Waals surface area contributed by atoms with Gasteiger partial charge in [-0.2, -0.15) is 13.2 Å². The summed E-state index contributed by atoms with van der Waals surface area (Å²) in [5, 5.41) is 39.6. The summed E-state index contributed by atoms with van der Waals surface area (Å²) in [5.41, 5.74) is -0.187. The maximum Gasteiger partial charge on any atom is 0.416 e. The van der Waals surface area contributed by atoms with Crippen molar-refractivity contribution in [2.75, 3.05) is 0 Å². The zero-order valence-electron chi connectivity index (χ0n) is 18.0. The van der Waals surface area contributed by atoms with E-state index in [9.17, 15) is 33.3 Å². The molecule has 180 valence electrons. The normalized spacial score (nSPS) is 24.8. The lowest BCUT2D eigenvalue weighted by atomic mass is 9.85. The maximum absolute atomic E-state index is 12.8. The summed E-state index contributed by atoms with van der Waals surface area (Å²) in [7, 11) is 0. The van der Waals surface area contributed by atoms with Crippen molar-refractivity contribution in [1.82, 2.24) is 0 Å². The van der Waals surface area contributed by atoms with Crippen LogP contribution in [0.2, 0.25) is 0 Å². The maximum atomic E-state index is 12.8. The fourth-order valence-electron chi connectivity index (χ4n) is 4.41. The van der Waals surface area contributed by atoms with Crippen LogP contribution in [0.5, 0.6) is 0 Å². The van der Waals surface area contributed by atoms with Gasteiger partial charge in [-0.15, -0.1) is 0 Å². The summed E-state index contributed by atoms with van der Waals surface area (Å²) in [4.78, 5) is 10.5. The van der Waals surface area contributed by atoms with E-state index in [0.717, 1.165) is 12.1 Å². The van der Waals surface area contributed by atoms with Crippen LogP contribution in [0, 0.1) is 11.8 Å². The Bertz CT molecular complexity index is 749. The highest BCUT2D eigenvalue weighted by Crippen LogP contribution is 2.38. The molecule has 1 aromatic rings. The average Bonchev–Trinajstić information content (AvgIpc) is 2.99. The fraction of sp³-hybridized carbons (Fsp3) is 0.625. The number of benzene rings is 1. The van der Waals surface area contributed by atoms with Gasteiger partial charge in [-0.1, -0.05) is 30.4 Å². The first-order valence-electron chi connectivity index (χ1n) is 11.1. The van der Waals surface area contributed by atoms with E-state index in [0.29, 0.717) is 50.5 Å². The van der Waals surface area contributed by atoms with Crippen LogP contribution in [-0.4, -0.2) is 44.7 Å². The number of allylic oxidation sites excluding steroid dienone is 2. The number of alkyl halides is 3. The molecule has 8 heteroatoms. The molecule has 0 aromatic heterocycles. The van der Waals surface area contributed by atoms with Crippen molar-refractivity contribution in [3.05, 3.63) is 47.5 Å². The number of unbranched alkanes of at least 4 members (excludes halogenated alkanes) is 1. The second-order valence-electron chi connectivity index (χ2n) is 8.66. The van der Waals surface area contributed by atoms with Gasteiger partial charge < -0.3 is 20.4 Å². The standard InChI is InChI=1S/C24H33F3O5/c25-24(26,27)17-7-5-6-16(14-17)10-11-18(28)12-13-20-19(21(29)15-22(20)30)8-3-1-2-4-9-23(31)32/h1,3,5-7,14,18-22,28-30H,2,4,8-13,15H2,(H,31,32)/b3-1+/t18-,19+,20+,21-,22+/m0/s1. The highest BCUT2D eigenvalue weighted by Gasteiger charge is 2.40. The molecule has 2 rings (SSSR count). The van der Waals surface area contributed by atoms with Gasteiger partial charge in [-0.25, -0.2) is 0 Å². The van der Waals surface area contributed by atoms with E-state index in [1.807, 2.05) is 12.2 Å². The van der Waals surface area contributed by atoms with Crippen molar-refractivity contribution in [2.24, 2.45) is 11.8 Å². The average molecular weight is 459 g/mol. The van der Waals surface area contributed by atoms with Crippen molar-refractivity contribution < 1.29 is 38.4 Å². The molecule has 1 fully saturated rings. The van der Waals surface area contributed by atoms with Crippen molar-refractivity contribution in [3.8, 4) is 0 Å². The molecular weight excluding hydrogens is 425 g/mol. The third kappa shape index (κ3) is 8.56. The molecule has 5 nitrogen and oxygen atoms in total. The largest absolute Gasteiger partial charge is 0.481 e. The van der Waals surface area contributed by atoms with Crippen LogP contribution in [0.25, 0.3) is 0 Å². The molecule has 0 aliphatic heterocycles. The quantitative estimate of drug-likeness (QED) is 0.276. The van der Waals surface area contributed by atoms with Crippen molar-refractivity contribution >= 4 is 5.97 Å². The molecule has 32 heavy (non-hydrogen) atoms. The lowest BCUT2D eigenvalue weighted by Crippen LogP contribution is -2.23. The smallest absolute Gasteiger partial charge is 0.416 e. The van der Waals surface area contributed by atoms with Gasteiger partial charge in [0.2, 0.25) is 0 Å². The van der Waals surface area contributed by atoms with Crippen LogP contribution < -0.4 is 0 Å². The Morgan fingerprint density at radius 3 is 2.53 bits per heavy atom. The number of carbonyl (C=O) groups is 1. The Hall–Kier alpha value is -1.90. The summed E-state index contributed by atoms with van der Waals surface area (Å²) in [5.74, 6) is -1.15. The lowest BCUT2D eigenvalue weighted by molar-refractivity contribution is -0.138. The number of halogens is 3. The van der Waals surface area contributed by atoms with Gasteiger partial charge in [0.1, 0.15) is 0 Å². The summed E-state index contributed by atoms with van der Waals surface area (Å²) in [6.45, 7) is 0. The third-order valence-corrected chi connectivity index (χ3v) is 6.21. The molecule has 0 saturated heterocycles. The van der Waals surface area contributed by atoms with E-state index in [1.54, 1.807) is 6.07 Å². The van der Waals surface area contributed by atoms with Crippen molar-refractivity contribution in [3.63, 3.8) is 0 Å². The summed E-state index contributed by atoms with van der Waals surface area (Å²) < 4.78 is 38.5. The van der Waals surface area contributed by atoms with Gasteiger partial charge >= 0.3 is 12.1 Å². The van der Waals surface area contributed by atoms with Crippen molar-refractivity contribution in [2.45, 2.75) is 82.3 Å². The Morgan fingerprint density at radius 1 is 1.12 bits per heavy atom. The number of carboxylic acids is 1. The van der Waals surface area contributed by atoms with Gasteiger partial charge in [0.25, 0.3) is 0 Å². The first kappa shape index (κ1) is 26.4. The second kappa shape index (κ2) is 12.4. The van der Waals surface area contributed by atoms with Crippen LogP contribution in [0.3, 0.4) is 0 Å². The third-order valence-electron chi connectivity index (χ3n) is 6.21. The summed E-state index contributed by atoms with van der Waals surface area (Å²) in [6.07, 6.45) is 1.08. The number of hydrogen-bond donors (Lipinski definition) is 4. The van der Waals surface area contributed by atoms with Crippen LogP contribution >= 0.6 is 0 Å². The monoisotopic (exact) mass is 458 g/mol. The molecule has 1 aromatic carbocycles. The molecule has 0 amide bonds. The van der Waals surface area contributed by atoms with E-state index in [2.05, 4.69) is 0 Å². The van der Waals surface area contributed by atoms with Gasteiger partial charge in [-0.3, -0.25) is 4.79 Å². The molecule has 0 spiro atoms. The molecule has 4 N–H and O–H groups in total. The van der Waals surface area contributed by atoms with Crippen LogP contribution in [0.15, 0.2) is 36.4 Å². The van der Waals surface area contributed by atoms with E-state index in [1.165, 1.54) is 6.07 Å². The zero-order chi connectivity index (χ0) is 23.7. The summed E-state index contributed by atoms with van der Waals surface area (Å²) in [6, 6.07) is 5.09. The predicted octanol–water partition coefficient (Wildman–Crippen LogP) is 4.34. The Labute approximate surface area is 186 Å². The molecule has 0 unspecified atom stereocenters. The molecule has 1 aliphatic carbocycles. The second-order valence-corrected chi connectivity index (χ2v) is 8.66. The zero-order valence-corrected chi connectivity index (χ0v) is 18.0. The minimum Gasteiger partial charge on any atom is -0.481 e. The van der Waals surface area contributed by atoms with E-state index >= 15 is 0 Å². The highest BCUT2D eigenvalue weighted by molar-refractivity contribution is 5.66. The van der Waals surface area contributed by atoms with Crippen LogP contribution in [-0.2, 0) is 17.4 Å². The highest BCUT2D eigenvalue weighted by atomic mass is 19.4. The van der Waals surface area contributed by atoms with E-state index in [4.69, 9.17) is 5.11 Å². The van der Waals surface area contributed by atoms with Gasteiger partial charge in [-0.05, 0) is 74.8 Å². The van der Waals surface area contributed by atoms with E-state index < -0.39 is 36.0 Å². The number of aliphatic carboxylic acids is 1. The van der Waals surface area contributed by atoms with Gasteiger partial charge in [0.15, 0.2) is 0 Å². The SMILES string of the molecule is O=C(O)CCC/C=C/C[C@@H]1[C@@H](CC[C@@H](O)CCc2cccc(C(F)(F)F)c2)[C@H](O)C[C@@H]1O. The first-order valence-corrected chi connectivity index (χ1v) is 11.1. The number of aryl methyl sites for hydroxylation is 1. The predicted molar refractivity (Wildman–Crippen MR) is 114 cm³/mol. The topological polar surface area (TPSA) is 98.0 Å². The molecule has 1 aliphatic rings. The number of aliphatic hydroxyl groups is 3. The Balaban J connectivity index is 1.80.